The van der Waals surface area contributed by atoms with E-state index in [0.717, 1.165) is 75.9 Å². The number of amides is 1. The molecule has 3 aliphatic rings. The lowest BCUT2D eigenvalue weighted by atomic mass is 10.0. The molecule has 29 heavy (non-hydrogen) atoms. The second-order valence-electron chi connectivity index (χ2n) is 9.37. The molecule has 0 unspecified atom stereocenters. The van der Waals surface area contributed by atoms with Crippen LogP contribution in [0, 0.1) is 5.41 Å². The van der Waals surface area contributed by atoms with E-state index in [2.05, 4.69) is 18.7 Å². The Kier molecular flexibility index (Phi) is 6.33. The van der Waals surface area contributed by atoms with Crippen LogP contribution < -0.4 is 9.47 Å². The van der Waals surface area contributed by atoms with Crippen LogP contribution in [0.3, 0.4) is 0 Å². The lowest BCUT2D eigenvalue weighted by molar-refractivity contribution is -0.138. The number of hydrogen-bond donors (Lipinski definition) is 0. The van der Waals surface area contributed by atoms with Crippen LogP contribution in [-0.2, 0) is 4.79 Å². The molecule has 1 saturated carbocycles. The summed E-state index contributed by atoms with van der Waals surface area (Å²) in [6.45, 7) is 9.17. The summed E-state index contributed by atoms with van der Waals surface area (Å²) in [4.78, 5) is 17.0. The summed E-state index contributed by atoms with van der Waals surface area (Å²) in [5.74, 6) is 2.14. The van der Waals surface area contributed by atoms with Crippen LogP contribution in [0.1, 0.15) is 58.8 Å². The van der Waals surface area contributed by atoms with Crippen molar-refractivity contribution >= 4 is 5.91 Å². The average molecular weight is 401 g/mol. The first-order chi connectivity index (χ1) is 14.0. The van der Waals surface area contributed by atoms with Gasteiger partial charge in [0.15, 0.2) is 0 Å². The summed E-state index contributed by atoms with van der Waals surface area (Å²) in [6, 6.07) is 8.73. The van der Waals surface area contributed by atoms with E-state index in [9.17, 15) is 4.79 Å². The number of carbonyl (C=O) groups is 1. The molecule has 5 nitrogen and oxygen atoms in total. The standard InChI is InChI=1S/C24H36N2O3/c1-19-5-3-14-25(19)15-4-18-28-20-6-8-21(9-7-20)29-22-10-16-26(17-11-22)23(27)24(2)12-13-24/h6-9,19,22H,3-5,10-18H2,1-2H3/t19-/m1/s1. The molecule has 2 heterocycles. The number of likely N-dealkylation sites (tertiary alicyclic amines) is 2. The van der Waals surface area contributed by atoms with E-state index in [1.807, 2.05) is 29.2 Å². The van der Waals surface area contributed by atoms with Crippen molar-refractivity contribution in [3.63, 3.8) is 0 Å². The minimum absolute atomic E-state index is 0.0593. The van der Waals surface area contributed by atoms with Crippen molar-refractivity contribution in [1.82, 2.24) is 9.80 Å². The fourth-order valence-corrected chi connectivity index (χ4v) is 4.55. The third-order valence-electron chi connectivity index (χ3n) is 6.92. The molecule has 2 saturated heterocycles. The van der Waals surface area contributed by atoms with Gasteiger partial charge in [0.1, 0.15) is 17.6 Å². The van der Waals surface area contributed by atoms with Gasteiger partial charge in [-0.3, -0.25) is 4.79 Å². The van der Waals surface area contributed by atoms with E-state index in [1.165, 1.54) is 19.4 Å². The number of carbonyl (C=O) groups excluding carboxylic acids is 1. The monoisotopic (exact) mass is 400 g/mol. The molecule has 1 aromatic rings. The molecule has 5 heteroatoms. The number of piperidine rings is 1. The van der Waals surface area contributed by atoms with Gasteiger partial charge in [-0.2, -0.15) is 0 Å². The zero-order valence-corrected chi connectivity index (χ0v) is 18.1. The van der Waals surface area contributed by atoms with Gasteiger partial charge in [-0.05, 0) is 69.8 Å². The van der Waals surface area contributed by atoms with Gasteiger partial charge >= 0.3 is 0 Å². The van der Waals surface area contributed by atoms with Crippen molar-refractivity contribution in [1.29, 1.82) is 0 Å². The number of benzene rings is 1. The number of ether oxygens (including phenoxy) is 2. The second kappa shape index (κ2) is 8.95. The van der Waals surface area contributed by atoms with Crippen LogP contribution in [-0.4, -0.2) is 60.6 Å². The molecule has 0 radical (unpaired) electrons. The van der Waals surface area contributed by atoms with Gasteiger partial charge in [-0.15, -0.1) is 0 Å². The topological polar surface area (TPSA) is 42.0 Å². The maximum atomic E-state index is 12.5. The quantitative estimate of drug-likeness (QED) is 0.616. The van der Waals surface area contributed by atoms with Crippen LogP contribution in [0.5, 0.6) is 11.5 Å². The van der Waals surface area contributed by atoms with E-state index >= 15 is 0 Å². The first-order valence-electron chi connectivity index (χ1n) is 11.5. The molecular weight excluding hydrogens is 364 g/mol. The number of nitrogens with zero attached hydrogens (tertiary/aromatic N) is 2. The highest BCUT2D eigenvalue weighted by Gasteiger charge is 2.47. The minimum Gasteiger partial charge on any atom is -0.494 e. The molecule has 4 rings (SSSR count). The Hall–Kier alpha value is -1.75. The zero-order chi connectivity index (χ0) is 20.3. The molecule has 1 aromatic carbocycles. The molecule has 160 valence electrons. The van der Waals surface area contributed by atoms with Gasteiger partial charge in [-0.25, -0.2) is 0 Å². The normalized spacial score (nSPS) is 24.5. The highest BCUT2D eigenvalue weighted by atomic mass is 16.5. The van der Waals surface area contributed by atoms with E-state index in [4.69, 9.17) is 9.47 Å². The Morgan fingerprint density at radius 2 is 1.76 bits per heavy atom. The predicted octanol–water partition coefficient (Wildman–Crippen LogP) is 4.11. The minimum atomic E-state index is -0.0593. The number of hydrogen-bond acceptors (Lipinski definition) is 4. The van der Waals surface area contributed by atoms with Crippen LogP contribution in [0.15, 0.2) is 24.3 Å². The summed E-state index contributed by atoms with van der Waals surface area (Å²) in [5.41, 5.74) is -0.0593. The summed E-state index contributed by atoms with van der Waals surface area (Å²) < 4.78 is 12.0. The largest absolute Gasteiger partial charge is 0.494 e. The van der Waals surface area contributed by atoms with E-state index < -0.39 is 0 Å². The van der Waals surface area contributed by atoms with E-state index in [0.29, 0.717) is 5.91 Å². The SMILES string of the molecule is C[C@@H]1CCCN1CCCOc1ccc(OC2CCN(C(=O)C3(C)CC3)CC2)cc1. The molecule has 0 N–H and O–H groups in total. The molecule has 1 amide bonds. The van der Waals surface area contributed by atoms with Crippen LogP contribution in [0.2, 0.25) is 0 Å². The molecule has 1 atom stereocenters. The van der Waals surface area contributed by atoms with E-state index in [1.54, 1.807) is 0 Å². The molecule has 1 aliphatic carbocycles. The van der Waals surface area contributed by atoms with Crippen molar-refractivity contribution in [2.75, 3.05) is 32.8 Å². The van der Waals surface area contributed by atoms with Crippen molar-refractivity contribution < 1.29 is 14.3 Å². The maximum Gasteiger partial charge on any atom is 0.228 e. The van der Waals surface area contributed by atoms with Crippen LogP contribution in [0.4, 0.5) is 0 Å². The molecule has 0 bridgehead atoms. The first kappa shape index (κ1) is 20.5. The molecule has 0 aromatic heterocycles. The Balaban J connectivity index is 1.15. The highest BCUT2D eigenvalue weighted by Crippen LogP contribution is 2.46. The lowest BCUT2D eigenvalue weighted by Gasteiger charge is -2.33. The summed E-state index contributed by atoms with van der Waals surface area (Å²) >= 11 is 0. The number of rotatable bonds is 8. The molecule has 2 aliphatic heterocycles. The van der Waals surface area contributed by atoms with Gasteiger partial charge in [0.2, 0.25) is 5.91 Å². The van der Waals surface area contributed by atoms with Gasteiger partial charge < -0.3 is 19.3 Å². The molecular formula is C24H36N2O3. The lowest BCUT2D eigenvalue weighted by Crippen LogP contribution is -2.44. The maximum absolute atomic E-state index is 12.5. The predicted molar refractivity (Wildman–Crippen MR) is 114 cm³/mol. The van der Waals surface area contributed by atoms with Crippen LogP contribution >= 0.6 is 0 Å². The van der Waals surface area contributed by atoms with Gasteiger partial charge in [0.25, 0.3) is 0 Å². The summed E-state index contributed by atoms with van der Waals surface area (Å²) in [6.07, 6.45) is 7.85. The van der Waals surface area contributed by atoms with Gasteiger partial charge in [-0.1, -0.05) is 6.92 Å². The average Bonchev–Trinajstić information content (AvgIpc) is 3.36. The Morgan fingerprint density at radius 3 is 2.38 bits per heavy atom. The smallest absolute Gasteiger partial charge is 0.228 e. The third kappa shape index (κ3) is 5.25. The third-order valence-corrected chi connectivity index (χ3v) is 6.92. The van der Waals surface area contributed by atoms with Crippen LogP contribution in [0.25, 0.3) is 0 Å². The van der Waals surface area contributed by atoms with Crippen molar-refractivity contribution in [2.45, 2.75) is 70.9 Å². The van der Waals surface area contributed by atoms with Crippen molar-refractivity contribution in [2.24, 2.45) is 5.41 Å². The van der Waals surface area contributed by atoms with E-state index in [-0.39, 0.29) is 11.5 Å². The zero-order valence-electron chi connectivity index (χ0n) is 18.1. The summed E-state index contributed by atoms with van der Waals surface area (Å²) in [5, 5.41) is 0. The molecule has 0 spiro atoms. The van der Waals surface area contributed by atoms with Gasteiger partial charge in [0.05, 0.1) is 6.61 Å². The van der Waals surface area contributed by atoms with Crippen molar-refractivity contribution in [3.8, 4) is 11.5 Å². The summed E-state index contributed by atoms with van der Waals surface area (Å²) in [7, 11) is 0. The molecule has 3 fully saturated rings. The Morgan fingerprint density at radius 1 is 1.07 bits per heavy atom. The Bertz CT molecular complexity index is 678. The first-order valence-corrected chi connectivity index (χ1v) is 11.5. The highest BCUT2D eigenvalue weighted by molar-refractivity contribution is 5.85. The van der Waals surface area contributed by atoms with Gasteiger partial charge in [0, 0.05) is 43.9 Å². The second-order valence-corrected chi connectivity index (χ2v) is 9.37. The fraction of sp³-hybridized carbons (Fsp3) is 0.708. The Labute approximate surface area is 175 Å². The van der Waals surface area contributed by atoms with Crippen molar-refractivity contribution in [3.05, 3.63) is 24.3 Å². The fourth-order valence-electron chi connectivity index (χ4n) is 4.55.